The Morgan fingerprint density at radius 1 is 1.37 bits per heavy atom. The summed E-state index contributed by atoms with van der Waals surface area (Å²) >= 11 is 0. The Morgan fingerprint density at radius 3 is 2.47 bits per heavy atom. The second-order valence-corrected chi connectivity index (χ2v) is 5.61. The molecule has 0 saturated carbocycles. The molecule has 1 aliphatic rings. The monoisotopic (exact) mass is 273 g/mol. The van der Waals surface area contributed by atoms with Crippen molar-refractivity contribution in [2.45, 2.75) is 70.8 Å². The van der Waals surface area contributed by atoms with E-state index in [0.29, 0.717) is 19.6 Å². The van der Waals surface area contributed by atoms with Crippen molar-refractivity contribution in [3.05, 3.63) is 0 Å². The number of rotatable bonds is 6. The standard InChI is InChI=1S/C14H27NO4/c1-5-17-13(16)14(4,15)6-7-18-12-8-10(2)19-11(3)9-12/h10-12H,5-9,15H2,1-4H3. The van der Waals surface area contributed by atoms with Crippen molar-refractivity contribution < 1.29 is 19.0 Å². The van der Waals surface area contributed by atoms with Crippen LogP contribution in [0.2, 0.25) is 0 Å². The number of carbonyl (C=O) groups excluding carboxylic acids is 1. The van der Waals surface area contributed by atoms with E-state index < -0.39 is 5.54 Å². The molecule has 1 aliphatic heterocycles. The van der Waals surface area contributed by atoms with Crippen LogP contribution in [0.1, 0.15) is 47.0 Å². The van der Waals surface area contributed by atoms with E-state index in [1.807, 2.05) is 0 Å². The Hall–Kier alpha value is -0.650. The summed E-state index contributed by atoms with van der Waals surface area (Å²) in [5.41, 5.74) is 4.96. The van der Waals surface area contributed by atoms with E-state index in [1.54, 1.807) is 13.8 Å². The van der Waals surface area contributed by atoms with Gasteiger partial charge in [-0.2, -0.15) is 0 Å². The maximum Gasteiger partial charge on any atom is 0.325 e. The summed E-state index contributed by atoms with van der Waals surface area (Å²) in [7, 11) is 0. The molecule has 0 aromatic heterocycles. The molecule has 0 bridgehead atoms. The molecule has 0 aromatic carbocycles. The summed E-state index contributed by atoms with van der Waals surface area (Å²) in [5, 5.41) is 0. The van der Waals surface area contributed by atoms with Gasteiger partial charge in [-0.3, -0.25) is 4.79 Å². The molecule has 3 unspecified atom stereocenters. The SMILES string of the molecule is CCOC(=O)C(C)(N)CCOC1CC(C)OC(C)C1. The highest BCUT2D eigenvalue weighted by Gasteiger charge is 2.31. The van der Waals surface area contributed by atoms with Gasteiger partial charge < -0.3 is 19.9 Å². The molecule has 5 heteroatoms. The first-order valence-corrected chi connectivity index (χ1v) is 7.08. The van der Waals surface area contributed by atoms with Crippen molar-refractivity contribution >= 4 is 5.97 Å². The lowest BCUT2D eigenvalue weighted by Crippen LogP contribution is -2.47. The van der Waals surface area contributed by atoms with Gasteiger partial charge in [-0.1, -0.05) is 0 Å². The van der Waals surface area contributed by atoms with Gasteiger partial charge in [-0.05, 0) is 47.0 Å². The van der Waals surface area contributed by atoms with Crippen LogP contribution in [-0.2, 0) is 19.0 Å². The molecular formula is C14H27NO4. The lowest BCUT2D eigenvalue weighted by atomic mass is 9.99. The van der Waals surface area contributed by atoms with Crippen LogP contribution in [0.15, 0.2) is 0 Å². The predicted octanol–water partition coefficient (Wildman–Crippen LogP) is 1.63. The molecule has 1 saturated heterocycles. The minimum atomic E-state index is -0.974. The van der Waals surface area contributed by atoms with E-state index in [1.165, 1.54) is 0 Å². The molecule has 1 rings (SSSR count). The normalized spacial score (nSPS) is 30.7. The average Bonchev–Trinajstić information content (AvgIpc) is 2.27. The van der Waals surface area contributed by atoms with Crippen molar-refractivity contribution in [2.24, 2.45) is 5.73 Å². The number of hydrogen-bond donors (Lipinski definition) is 1. The summed E-state index contributed by atoms with van der Waals surface area (Å²) in [4.78, 5) is 11.6. The average molecular weight is 273 g/mol. The minimum Gasteiger partial charge on any atom is -0.465 e. The zero-order chi connectivity index (χ0) is 14.5. The number of esters is 1. The highest BCUT2D eigenvalue weighted by atomic mass is 16.5. The Labute approximate surface area is 115 Å². The maximum atomic E-state index is 11.6. The molecule has 2 N–H and O–H groups in total. The molecule has 3 atom stereocenters. The third kappa shape index (κ3) is 5.47. The fraction of sp³-hybridized carbons (Fsp3) is 0.929. The van der Waals surface area contributed by atoms with Gasteiger partial charge in [0, 0.05) is 6.61 Å². The summed E-state index contributed by atoms with van der Waals surface area (Å²) in [5.74, 6) is -0.368. The zero-order valence-corrected chi connectivity index (χ0v) is 12.5. The third-order valence-electron chi connectivity index (χ3n) is 3.37. The highest BCUT2D eigenvalue weighted by molar-refractivity contribution is 5.79. The van der Waals surface area contributed by atoms with Gasteiger partial charge in [-0.25, -0.2) is 0 Å². The van der Waals surface area contributed by atoms with E-state index in [2.05, 4.69) is 13.8 Å². The van der Waals surface area contributed by atoms with Gasteiger partial charge in [0.05, 0.1) is 24.9 Å². The number of hydrogen-bond acceptors (Lipinski definition) is 5. The Bertz CT molecular complexity index is 283. The number of nitrogens with two attached hydrogens (primary N) is 1. The molecule has 5 nitrogen and oxygen atoms in total. The summed E-state index contributed by atoms with van der Waals surface area (Å²) < 4.78 is 16.4. The molecule has 19 heavy (non-hydrogen) atoms. The van der Waals surface area contributed by atoms with Crippen molar-refractivity contribution in [3.63, 3.8) is 0 Å². The second kappa shape index (κ2) is 7.22. The zero-order valence-electron chi connectivity index (χ0n) is 12.5. The van der Waals surface area contributed by atoms with Crippen molar-refractivity contribution in [1.82, 2.24) is 0 Å². The smallest absolute Gasteiger partial charge is 0.325 e. The van der Waals surface area contributed by atoms with E-state index in [9.17, 15) is 4.79 Å². The third-order valence-corrected chi connectivity index (χ3v) is 3.37. The minimum absolute atomic E-state index is 0.191. The topological polar surface area (TPSA) is 70.8 Å². The highest BCUT2D eigenvalue weighted by Crippen LogP contribution is 2.22. The number of carbonyl (C=O) groups is 1. The Kier molecular flexibility index (Phi) is 6.23. The van der Waals surface area contributed by atoms with E-state index in [-0.39, 0.29) is 24.3 Å². The first-order valence-electron chi connectivity index (χ1n) is 7.08. The molecule has 0 aliphatic carbocycles. The second-order valence-electron chi connectivity index (χ2n) is 5.61. The molecule has 1 fully saturated rings. The molecule has 0 spiro atoms. The first kappa shape index (κ1) is 16.4. The lowest BCUT2D eigenvalue weighted by molar-refractivity contribution is -0.150. The quantitative estimate of drug-likeness (QED) is 0.745. The van der Waals surface area contributed by atoms with Crippen LogP contribution in [0.4, 0.5) is 0 Å². The van der Waals surface area contributed by atoms with Gasteiger partial charge in [0.2, 0.25) is 0 Å². The van der Waals surface area contributed by atoms with Gasteiger partial charge in [0.1, 0.15) is 5.54 Å². The molecular weight excluding hydrogens is 246 g/mol. The largest absolute Gasteiger partial charge is 0.465 e. The summed E-state index contributed by atoms with van der Waals surface area (Å²) in [6, 6.07) is 0. The molecule has 0 aromatic rings. The van der Waals surface area contributed by atoms with Crippen molar-refractivity contribution in [2.75, 3.05) is 13.2 Å². The van der Waals surface area contributed by atoms with Crippen LogP contribution < -0.4 is 5.73 Å². The van der Waals surface area contributed by atoms with E-state index in [4.69, 9.17) is 19.9 Å². The molecule has 0 amide bonds. The predicted molar refractivity (Wildman–Crippen MR) is 72.8 cm³/mol. The lowest BCUT2D eigenvalue weighted by Gasteiger charge is -2.32. The van der Waals surface area contributed by atoms with Crippen LogP contribution in [-0.4, -0.2) is 43.0 Å². The molecule has 1 heterocycles. The maximum absolute atomic E-state index is 11.6. The van der Waals surface area contributed by atoms with Crippen LogP contribution >= 0.6 is 0 Å². The van der Waals surface area contributed by atoms with Gasteiger partial charge >= 0.3 is 5.97 Å². The van der Waals surface area contributed by atoms with Gasteiger partial charge in [0.15, 0.2) is 0 Å². The molecule has 0 radical (unpaired) electrons. The Balaban J connectivity index is 2.31. The molecule has 112 valence electrons. The van der Waals surface area contributed by atoms with Gasteiger partial charge in [0.25, 0.3) is 0 Å². The van der Waals surface area contributed by atoms with Crippen LogP contribution in [0.25, 0.3) is 0 Å². The van der Waals surface area contributed by atoms with Crippen LogP contribution in [0.3, 0.4) is 0 Å². The van der Waals surface area contributed by atoms with Crippen LogP contribution in [0.5, 0.6) is 0 Å². The van der Waals surface area contributed by atoms with Crippen molar-refractivity contribution in [1.29, 1.82) is 0 Å². The van der Waals surface area contributed by atoms with E-state index >= 15 is 0 Å². The Morgan fingerprint density at radius 2 is 1.95 bits per heavy atom. The van der Waals surface area contributed by atoms with Crippen LogP contribution in [0, 0.1) is 0 Å². The number of ether oxygens (including phenoxy) is 3. The van der Waals surface area contributed by atoms with E-state index in [0.717, 1.165) is 12.8 Å². The first-order chi connectivity index (χ1) is 8.85. The summed E-state index contributed by atoms with van der Waals surface area (Å²) in [6.07, 6.45) is 2.89. The van der Waals surface area contributed by atoms with Crippen molar-refractivity contribution in [3.8, 4) is 0 Å². The summed E-state index contributed by atoms with van der Waals surface area (Å²) in [6.45, 7) is 8.38. The fourth-order valence-corrected chi connectivity index (χ4v) is 2.32. The fourth-order valence-electron chi connectivity index (χ4n) is 2.32. The van der Waals surface area contributed by atoms with Gasteiger partial charge in [-0.15, -0.1) is 0 Å².